The lowest BCUT2D eigenvalue weighted by Crippen LogP contribution is -2.51. The van der Waals surface area contributed by atoms with E-state index in [1.54, 1.807) is 12.3 Å². The largest absolute Gasteiger partial charge is 0.447 e. The highest BCUT2D eigenvalue weighted by Gasteiger charge is 2.37. The predicted octanol–water partition coefficient (Wildman–Crippen LogP) is 2.88. The number of aromatic nitrogens is 2. The number of cyclic esters (lactones) is 1. The molecule has 164 valence electrons. The molecule has 0 spiro atoms. The Labute approximate surface area is 183 Å². The summed E-state index contributed by atoms with van der Waals surface area (Å²) >= 11 is 0. The van der Waals surface area contributed by atoms with Crippen LogP contribution in [0, 0.1) is 0 Å². The number of anilines is 2. The minimum Gasteiger partial charge on any atom is -0.447 e. The summed E-state index contributed by atoms with van der Waals surface area (Å²) < 4.78 is 5.00. The molecule has 0 radical (unpaired) electrons. The number of nitrogens with one attached hydrogen (secondary N) is 1. The lowest BCUT2D eigenvalue weighted by atomic mass is 10.1. The molecule has 8 nitrogen and oxygen atoms in total. The maximum atomic E-state index is 11.8. The fraction of sp³-hybridized carbons (Fsp3) is 0.522. The monoisotopic (exact) mass is 422 g/mol. The van der Waals surface area contributed by atoms with Crippen LogP contribution in [0.5, 0.6) is 0 Å². The average Bonchev–Trinajstić information content (AvgIpc) is 3.27. The van der Waals surface area contributed by atoms with Gasteiger partial charge in [0.1, 0.15) is 12.4 Å². The van der Waals surface area contributed by atoms with Crippen molar-refractivity contribution in [2.75, 3.05) is 43.5 Å². The van der Waals surface area contributed by atoms with Crippen molar-refractivity contribution in [3.8, 4) is 0 Å². The first-order valence-corrected chi connectivity index (χ1v) is 11.1. The van der Waals surface area contributed by atoms with Gasteiger partial charge in [-0.15, -0.1) is 0 Å². The molecule has 1 N–H and O–H groups in total. The lowest BCUT2D eigenvalue weighted by molar-refractivity contribution is 0.0837. The minimum absolute atomic E-state index is 0.0503. The van der Waals surface area contributed by atoms with Gasteiger partial charge >= 0.3 is 6.09 Å². The highest BCUT2D eigenvalue weighted by Crippen LogP contribution is 2.29. The Morgan fingerprint density at radius 3 is 2.58 bits per heavy atom. The summed E-state index contributed by atoms with van der Waals surface area (Å²) in [6.07, 6.45) is 3.97. The molecular weight excluding hydrogens is 392 g/mol. The van der Waals surface area contributed by atoms with Gasteiger partial charge in [-0.25, -0.2) is 9.78 Å². The second kappa shape index (κ2) is 8.43. The Kier molecular flexibility index (Phi) is 5.50. The molecule has 1 aromatic heterocycles. The lowest BCUT2D eigenvalue weighted by Gasteiger charge is -2.39. The maximum absolute atomic E-state index is 11.8. The van der Waals surface area contributed by atoms with Gasteiger partial charge in [0.25, 0.3) is 0 Å². The van der Waals surface area contributed by atoms with Crippen LogP contribution >= 0.6 is 0 Å². The number of nitrogens with zero attached hydrogens (tertiary/aromatic N) is 5. The molecule has 3 aliphatic heterocycles. The second-order valence-electron chi connectivity index (χ2n) is 8.86. The molecule has 3 saturated heterocycles. The molecule has 1 amide bonds. The summed E-state index contributed by atoms with van der Waals surface area (Å²) in [5, 5.41) is 3.35. The number of rotatable bonds is 6. The Morgan fingerprint density at radius 2 is 1.90 bits per heavy atom. The smallest absolute Gasteiger partial charge is 0.415 e. The van der Waals surface area contributed by atoms with Crippen LogP contribution in [0.25, 0.3) is 0 Å². The molecule has 0 aliphatic carbocycles. The molecule has 3 atom stereocenters. The van der Waals surface area contributed by atoms with Gasteiger partial charge in [-0.1, -0.05) is 24.3 Å². The minimum atomic E-state index is -0.360. The molecule has 3 unspecified atom stereocenters. The molecule has 4 heterocycles. The van der Waals surface area contributed by atoms with Crippen LogP contribution in [0.15, 0.2) is 36.5 Å². The van der Waals surface area contributed by atoms with Crippen molar-refractivity contribution in [1.29, 1.82) is 0 Å². The number of piperazine rings is 1. The van der Waals surface area contributed by atoms with E-state index < -0.39 is 0 Å². The van der Waals surface area contributed by atoms with Crippen LogP contribution in [-0.4, -0.2) is 71.2 Å². The van der Waals surface area contributed by atoms with Gasteiger partial charge in [-0.3, -0.25) is 14.7 Å². The molecule has 2 aromatic rings. The van der Waals surface area contributed by atoms with Crippen molar-refractivity contribution >= 4 is 17.9 Å². The molecule has 3 aliphatic rings. The molecule has 2 bridgehead atoms. The first-order chi connectivity index (χ1) is 15.1. The van der Waals surface area contributed by atoms with E-state index in [-0.39, 0.29) is 12.1 Å². The maximum Gasteiger partial charge on any atom is 0.415 e. The highest BCUT2D eigenvalue weighted by molar-refractivity contribution is 5.88. The number of carbonyl (C=O) groups excluding carboxylic acids is 1. The van der Waals surface area contributed by atoms with E-state index in [0.29, 0.717) is 24.9 Å². The zero-order valence-corrected chi connectivity index (χ0v) is 18.2. The molecule has 3 fully saturated rings. The van der Waals surface area contributed by atoms with Crippen LogP contribution in [0.3, 0.4) is 0 Å². The van der Waals surface area contributed by atoms with Crippen molar-refractivity contribution in [2.45, 2.75) is 44.4 Å². The summed E-state index contributed by atoms with van der Waals surface area (Å²) in [4.78, 5) is 27.3. The van der Waals surface area contributed by atoms with Gasteiger partial charge < -0.3 is 10.1 Å². The number of likely N-dealkylation sites (N-methyl/N-ethyl adjacent to an activating group) is 1. The van der Waals surface area contributed by atoms with Crippen LogP contribution < -0.4 is 10.2 Å². The number of ether oxygens (including phenoxy) is 1. The van der Waals surface area contributed by atoms with E-state index in [0.717, 1.165) is 18.6 Å². The second-order valence-corrected chi connectivity index (χ2v) is 8.86. The van der Waals surface area contributed by atoms with Crippen molar-refractivity contribution in [3.63, 3.8) is 0 Å². The number of hydrogen-bond acceptors (Lipinski definition) is 7. The van der Waals surface area contributed by atoms with Crippen LogP contribution in [0.4, 0.5) is 16.6 Å². The standard InChI is InChI=1S/C23H30N6O2/c1-16(25-22-24-10-9-21(26-22)29-11-12-31-23(29)30)18-5-3-17(4-6-18)13-28-14-19-7-8-20(15-28)27(19)2/h3-6,9-10,16,19-20H,7-8,11-15H2,1-2H3,(H,24,25,26). The summed E-state index contributed by atoms with van der Waals surface area (Å²) in [7, 11) is 2.28. The zero-order chi connectivity index (χ0) is 21.4. The molecule has 5 rings (SSSR count). The topological polar surface area (TPSA) is 73.8 Å². The number of carbonyl (C=O) groups is 1. The van der Waals surface area contributed by atoms with Crippen LogP contribution in [-0.2, 0) is 11.3 Å². The Hall–Kier alpha value is -2.71. The van der Waals surface area contributed by atoms with Gasteiger partial charge in [-0.2, -0.15) is 4.98 Å². The molecule has 8 heteroatoms. The third kappa shape index (κ3) is 4.22. The molecule has 0 saturated carbocycles. The number of hydrogen-bond donors (Lipinski definition) is 1. The Bertz CT molecular complexity index is 922. The SMILES string of the molecule is CC(Nc1nccc(N2CCOC2=O)n1)c1ccc(CN2CC3CCC(C2)N3C)cc1. The summed E-state index contributed by atoms with van der Waals surface area (Å²) in [5.74, 6) is 1.06. The van der Waals surface area contributed by atoms with Gasteiger partial charge in [-0.05, 0) is 44.0 Å². The third-order valence-electron chi connectivity index (χ3n) is 6.83. The first-order valence-electron chi connectivity index (χ1n) is 11.1. The zero-order valence-electron chi connectivity index (χ0n) is 18.2. The fourth-order valence-electron chi connectivity index (χ4n) is 4.95. The van der Waals surface area contributed by atoms with Crippen LogP contribution in [0.2, 0.25) is 0 Å². The van der Waals surface area contributed by atoms with E-state index in [4.69, 9.17) is 4.74 Å². The van der Waals surface area contributed by atoms with E-state index >= 15 is 0 Å². The van der Waals surface area contributed by atoms with E-state index in [2.05, 4.69) is 63.3 Å². The molecule has 1 aromatic carbocycles. The van der Waals surface area contributed by atoms with Gasteiger partial charge in [0.15, 0.2) is 0 Å². The Balaban J connectivity index is 1.20. The first kappa shape index (κ1) is 20.2. The summed E-state index contributed by atoms with van der Waals surface area (Å²) in [5.41, 5.74) is 2.53. The van der Waals surface area contributed by atoms with Crippen molar-refractivity contribution in [1.82, 2.24) is 19.8 Å². The number of likely N-dealkylation sites (tertiary alicyclic amines) is 1. The predicted molar refractivity (Wildman–Crippen MR) is 119 cm³/mol. The van der Waals surface area contributed by atoms with Gasteiger partial charge in [0, 0.05) is 37.9 Å². The normalized spacial score (nSPS) is 25.0. The van der Waals surface area contributed by atoms with Crippen molar-refractivity contribution in [2.24, 2.45) is 0 Å². The van der Waals surface area contributed by atoms with E-state index in [1.165, 1.54) is 42.0 Å². The quantitative estimate of drug-likeness (QED) is 0.767. The van der Waals surface area contributed by atoms with Gasteiger partial charge in [0.05, 0.1) is 12.6 Å². The van der Waals surface area contributed by atoms with E-state index in [1.807, 2.05) is 0 Å². The summed E-state index contributed by atoms with van der Waals surface area (Å²) in [6.45, 7) is 6.36. The van der Waals surface area contributed by atoms with Gasteiger partial charge in [0.2, 0.25) is 5.95 Å². The Morgan fingerprint density at radius 1 is 1.16 bits per heavy atom. The van der Waals surface area contributed by atoms with E-state index in [9.17, 15) is 4.79 Å². The van der Waals surface area contributed by atoms with Crippen molar-refractivity contribution < 1.29 is 9.53 Å². The average molecular weight is 423 g/mol. The fourth-order valence-corrected chi connectivity index (χ4v) is 4.95. The van der Waals surface area contributed by atoms with Crippen molar-refractivity contribution in [3.05, 3.63) is 47.7 Å². The highest BCUT2D eigenvalue weighted by atomic mass is 16.6. The number of benzene rings is 1. The molecule has 31 heavy (non-hydrogen) atoms. The molecular formula is C23H30N6O2. The number of amides is 1. The van der Waals surface area contributed by atoms with Crippen LogP contribution in [0.1, 0.15) is 36.9 Å². The number of fused-ring (bicyclic) bond motifs is 2. The summed E-state index contributed by atoms with van der Waals surface area (Å²) in [6, 6.07) is 12.0. The third-order valence-corrected chi connectivity index (χ3v) is 6.83.